The fraction of sp³-hybridized carbons (Fsp3) is 0.300. The second-order valence-corrected chi connectivity index (χ2v) is 6.94. The molecule has 128 valence electrons. The summed E-state index contributed by atoms with van der Waals surface area (Å²) in [6.45, 7) is 2.80. The third kappa shape index (κ3) is 3.32. The Labute approximate surface area is 151 Å². The number of para-hydroxylation sites is 1. The molecule has 0 bridgehead atoms. The van der Waals surface area contributed by atoms with Gasteiger partial charge in [0.25, 0.3) is 5.56 Å². The molecule has 5 heteroatoms. The number of halogens is 1. The molecule has 0 radical (unpaired) electrons. The Hall–Kier alpha value is -2.17. The quantitative estimate of drug-likeness (QED) is 0.713. The van der Waals surface area contributed by atoms with Crippen LogP contribution in [0.2, 0.25) is 5.02 Å². The van der Waals surface area contributed by atoms with Crippen molar-refractivity contribution in [1.29, 1.82) is 0 Å². The lowest BCUT2D eigenvalue weighted by molar-refractivity contribution is 0.214. The van der Waals surface area contributed by atoms with Crippen LogP contribution in [0.25, 0.3) is 16.6 Å². The van der Waals surface area contributed by atoms with Crippen molar-refractivity contribution in [2.75, 3.05) is 13.1 Å². The zero-order chi connectivity index (χ0) is 17.2. The highest BCUT2D eigenvalue weighted by atomic mass is 35.5. The monoisotopic (exact) mass is 353 g/mol. The van der Waals surface area contributed by atoms with Crippen molar-refractivity contribution in [2.45, 2.75) is 25.8 Å². The minimum atomic E-state index is -0.0278. The van der Waals surface area contributed by atoms with Gasteiger partial charge in [-0.25, -0.2) is 4.98 Å². The van der Waals surface area contributed by atoms with Crippen LogP contribution in [-0.2, 0) is 6.54 Å². The van der Waals surface area contributed by atoms with Gasteiger partial charge in [0, 0.05) is 5.02 Å². The van der Waals surface area contributed by atoms with Crippen LogP contribution in [-0.4, -0.2) is 27.5 Å². The van der Waals surface area contributed by atoms with Crippen LogP contribution in [0.4, 0.5) is 0 Å². The van der Waals surface area contributed by atoms with E-state index in [1.165, 1.54) is 19.3 Å². The lowest BCUT2D eigenvalue weighted by atomic mass is 10.1. The molecular formula is C20H20ClN3O. The topological polar surface area (TPSA) is 38.1 Å². The molecule has 3 aromatic rings. The van der Waals surface area contributed by atoms with E-state index >= 15 is 0 Å². The Morgan fingerprint density at radius 3 is 2.44 bits per heavy atom. The van der Waals surface area contributed by atoms with E-state index in [0.717, 1.165) is 30.1 Å². The molecule has 0 amide bonds. The summed E-state index contributed by atoms with van der Waals surface area (Å²) in [6.07, 6.45) is 3.70. The van der Waals surface area contributed by atoms with Gasteiger partial charge < -0.3 is 0 Å². The molecule has 2 aromatic carbocycles. The molecule has 1 fully saturated rings. The molecule has 25 heavy (non-hydrogen) atoms. The van der Waals surface area contributed by atoms with E-state index in [4.69, 9.17) is 16.6 Å². The highest BCUT2D eigenvalue weighted by Gasteiger charge is 2.17. The molecule has 4 rings (SSSR count). The third-order valence-corrected chi connectivity index (χ3v) is 5.00. The van der Waals surface area contributed by atoms with Gasteiger partial charge in [-0.2, -0.15) is 0 Å². The Bertz CT molecular complexity index is 943. The number of hydrogen-bond acceptors (Lipinski definition) is 3. The lowest BCUT2D eigenvalue weighted by Gasteiger charge is -2.27. The van der Waals surface area contributed by atoms with Gasteiger partial charge in [-0.3, -0.25) is 14.3 Å². The summed E-state index contributed by atoms with van der Waals surface area (Å²) in [7, 11) is 0. The fourth-order valence-corrected chi connectivity index (χ4v) is 3.58. The van der Waals surface area contributed by atoms with Crippen LogP contribution in [0.15, 0.2) is 53.3 Å². The van der Waals surface area contributed by atoms with Crippen LogP contribution < -0.4 is 5.56 Å². The van der Waals surface area contributed by atoms with Crippen molar-refractivity contribution in [1.82, 2.24) is 14.5 Å². The van der Waals surface area contributed by atoms with E-state index in [-0.39, 0.29) is 5.56 Å². The number of likely N-dealkylation sites (tertiary alicyclic amines) is 1. The molecular weight excluding hydrogens is 334 g/mol. The molecule has 0 unspecified atom stereocenters. The number of fused-ring (bicyclic) bond motifs is 1. The molecule has 1 saturated heterocycles. The fourth-order valence-electron chi connectivity index (χ4n) is 3.46. The first-order valence-corrected chi connectivity index (χ1v) is 9.09. The molecule has 0 spiro atoms. The van der Waals surface area contributed by atoms with Crippen LogP contribution in [0, 0.1) is 0 Å². The first-order valence-electron chi connectivity index (χ1n) is 8.71. The molecule has 0 saturated carbocycles. The van der Waals surface area contributed by atoms with E-state index in [9.17, 15) is 4.79 Å². The summed E-state index contributed by atoms with van der Waals surface area (Å²) in [5.41, 5.74) is 1.53. The standard InChI is InChI=1S/C20H20ClN3O/c21-15-8-10-16(11-9-15)24-19(14-23-12-4-1-5-13-23)22-18-7-3-2-6-17(18)20(24)25/h2-3,6-11H,1,4-5,12-14H2. The molecule has 4 nitrogen and oxygen atoms in total. The average Bonchev–Trinajstić information content (AvgIpc) is 2.64. The molecule has 0 N–H and O–H groups in total. The van der Waals surface area contributed by atoms with Gasteiger partial charge in [0.15, 0.2) is 0 Å². The summed E-state index contributed by atoms with van der Waals surface area (Å²) in [5, 5.41) is 1.29. The molecule has 1 aliphatic heterocycles. The number of hydrogen-bond donors (Lipinski definition) is 0. The zero-order valence-corrected chi connectivity index (χ0v) is 14.7. The van der Waals surface area contributed by atoms with Gasteiger partial charge in [-0.05, 0) is 62.3 Å². The SMILES string of the molecule is O=c1c2ccccc2nc(CN2CCCCC2)n1-c1ccc(Cl)cc1. The average molecular weight is 354 g/mol. The molecule has 2 heterocycles. The Balaban J connectivity index is 1.87. The van der Waals surface area contributed by atoms with Crippen molar-refractivity contribution >= 4 is 22.5 Å². The second kappa shape index (κ2) is 6.98. The molecule has 0 aliphatic carbocycles. The minimum Gasteiger partial charge on any atom is -0.296 e. The molecule has 0 atom stereocenters. The summed E-state index contributed by atoms with van der Waals surface area (Å²) in [5.74, 6) is 0.785. The van der Waals surface area contributed by atoms with Gasteiger partial charge >= 0.3 is 0 Å². The van der Waals surface area contributed by atoms with Gasteiger partial charge in [-0.1, -0.05) is 30.2 Å². The van der Waals surface area contributed by atoms with Crippen molar-refractivity contribution in [3.8, 4) is 5.69 Å². The number of nitrogens with zero attached hydrogens (tertiary/aromatic N) is 3. The van der Waals surface area contributed by atoms with Crippen LogP contribution in [0.5, 0.6) is 0 Å². The van der Waals surface area contributed by atoms with Crippen molar-refractivity contribution in [2.24, 2.45) is 0 Å². The van der Waals surface area contributed by atoms with Crippen LogP contribution in [0.1, 0.15) is 25.1 Å². The van der Waals surface area contributed by atoms with Crippen molar-refractivity contribution in [3.63, 3.8) is 0 Å². The van der Waals surface area contributed by atoms with Crippen molar-refractivity contribution in [3.05, 3.63) is 69.7 Å². The first-order chi connectivity index (χ1) is 12.2. The Morgan fingerprint density at radius 2 is 1.68 bits per heavy atom. The van der Waals surface area contributed by atoms with Crippen LogP contribution in [0.3, 0.4) is 0 Å². The van der Waals surface area contributed by atoms with Crippen molar-refractivity contribution < 1.29 is 0 Å². The lowest BCUT2D eigenvalue weighted by Crippen LogP contribution is -2.33. The smallest absolute Gasteiger partial charge is 0.266 e. The number of piperidine rings is 1. The number of aromatic nitrogens is 2. The zero-order valence-electron chi connectivity index (χ0n) is 14.0. The largest absolute Gasteiger partial charge is 0.296 e. The second-order valence-electron chi connectivity index (χ2n) is 6.50. The number of benzene rings is 2. The third-order valence-electron chi connectivity index (χ3n) is 4.74. The Kier molecular flexibility index (Phi) is 4.55. The van der Waals surface area contributed by atoms with Gasteiger partial charge in [0.2, 0.25) is 0 Å². The van der Waals surface area contributed by atoms with E-state index < -0.39 is 0 Å². The van der Waals surface area contributed by atoms with E-state index in [2.05, 4.69) is 4.90 Å². The Morgan fingerprint density at radius 1 is 0.960 bits per heavy atom. The van der Waals surface area contributed by atoms with Gasteiger partial charge in [0.05, 0.1) is 23.1 Å². The molecule has 1 aromatic heterocycles. The van der Waals surface area contributed by atoms with Gasteiger partial charge in [0.1, 0.15) is 5.82 Å². The normalized spacial score (nSPS) is 15.6. The summed E-state index contributed by atoms with van der Waals surface area (Å²) in [4.78, 5) is 20.3. The summed E-state index contributed by atoms with van der Waals surface area (Å²) < 4.78 is 1.73. The summed E-state index contributed by atoms with van der Waals surface area (Å²) >= 11 is 6.02. The minimum absolute atomic E-state index is 0.0278. The van der Waals surface area contributed by atoms with Crippen LogP contribution >= 0.6 is 11.6 Å². The van der Waals surface area contributed by atoms with E-state index in [1.54, 1.807) is 4.57 Å². The predicted molar refractivity (Wildman–Crippen MR) is 101 cm³/mol. The first kappa shape index (κ1) is 16.3. The molecule has 1 aliphatic rings. The number of rotatable bonds is 3. The van der Waals surface area contributed by atoms with Gasteiger partial charge in [-0.15, -0.1) is 0 Å². The maximum absolute atomic E-state index is 13.1. The summed E-state index contributed by atoms with van der Waals surface area (Å²) in [6, 6.07) is 14.9. The maximum Gasteiger partial charge on any atom is 0.266 e. The van der Waals surface area contributed by atoms with E-state index in [1.807, 2.05) is 48.5 Å². The highest BCUT2D eigenvalue weighted by molar-refractivity contribution is 6.30. The predicted octanol–water partition coefficient (Wildman–Crippen LogP) is 4.03. The van der Waals surface area contributed by atoms with E-state index in [0.29, 0.717) is 17.0 Å². The highest BCUT2D eigenvalue weighted by Crippen LogP contribution is 2.18. The maximum atomic E-state index is 13.1.